The maximum absolute atomic E-state index is 12.5. The van der Waals surface area contributed by atoms with E-state index in [1.54, 1.807) is 11.3 Å². The average molecular weight is 264 g/mol. The van der Waals surface area contributed by atoms with Gasteiger partial charge in [-0.3, -0.25) is 4.79 Å². The highest BCUT2D eigenvalue weighted by Crippen LogP contribution is 2.48. The lowest BCUT2D eigenvalue weighted by atomic mass is 9.84. The lowest BCUT2D eigenvalue weighted by Gasteiger charge is -2.30. The number of nitrogens with zero attached hydrogens (tertiary/aromatic N) is 1. The number of amides is 1. The first-order valence-electron chi connectivity index (χ1n) is 6.68. The lowest BCUT2D eigenvalue weighted by molar-refractivity contribution is -0.136. The molecule has 2 fully saturated rings. The van der Waals surface area contributed by atoms with Gasteiger partial charge in [-0.25, -0.2) is 0 Å². The third-order valence-electron chi connectivity index (χ3n) is 4.64. The number of rotatable bonds is 3. The second-order valence-corrected chi connectivity index (χ2v) is 6.54. The number of carbonyl (C=O) groups is 1. The zero-order chi connectivity index (χ0) is 12.7. The highest BCUT2D eigenvalue weighted by Gasteiger charge is 2.49. The Kier molecular flexibility index (Phi) is 3.16. The van der Waals surface area contributed by atoms with E-state index < -0.39 is 0 Å². The first-order chi connectivity index (χ1) is 8.66. The number of nitrogens with two attached hydrogens (primary N) is 1. The fourth-order valence-electron chi connectivity index (χ4n) is 3.69. The zero-order valence-corrected chi connectivity index (χ0v) is 11.5. The van der Waals surface area contributed by atoms with Crippen LogP contribution in [0.15, 0.2) is 16.8 Å². The molecular weight excluding hydrogens is 244 g/mol. The average Bonchev–Trinajstić information content (AvgIpc) is 3.04. The summed E-state index contributed by atoms with van der Waals surface area (Å²) in [7, 11) is 1.90. The summed E-state index contributed by atoms with van der Waals surface area (Å²) in [4.78, 5) is 14.4. The van der Waals surface area contributed by atoms with Crippen molar-refractivity contribution in [3.63, 3.8) is 0 Å². The summed E-state index contributed by atoms with van der Waals surface area (Å²) in [6.45, 7) is 0.711. The molecule has 0 saturated heterocycles. The normalized spacial score (nSPS) is 33.9. The predicted octanol–water partition coefficient (Wildman–Crippen LogP) is 2.08. The third kappa shape index (κ3) is 1.97. The van der Waals surface area contributed by atoms with Crippen LogP contribution in [0.4, 0.5) is 0 Å². The molecule has 4 atom stereocenters. The number of fused-ring (bicyclic) bond motifs is 2. The number of hydrogen-bond acceptors (Lipinski definition) is 3. The molecule has 4 heteroatoms. The van der Waals surface area contributed by atoms with Gasteiger partial charge >= 0.3 is 0 Å². The van der Waals surface area contributed by atoms with E-state index in [1.165, 1.54) is 24.8 Å². The summed E-state index contributed by atoms with van der Waals surface area (Å²) in [6, 6.07) is 2.18. The monoisotopic (exact) mass is 264 g/mol. The molecule has 4 unspecified atom stereocenters. The second kappa shape index (κ2) is 4.67. The molecule has 18 heavy (non-hydrogen) atoms. The molecule has 3 nitrogen and oxygen atoms in total. The van der Waals surface area contributed by atoms with Gasteiger partial charge in [0, 0.05) is 19.6 Å². The van der Waals surface area contributed by atoms with Crippen molar-refractivity contribution < 1.29 is 4.79 Å². The molecule has 1 heterocycles. The maximum Gasteiger partial charge on any atom is 0.227 e. The zero-order valence-electron chi connectivity index (χ0n) is 10.7. The van der Waals surface area contributed by atoms with Gasteiger partial charge in [-0.1, -0.05) is 0 Å². The van der Waals surface area contributed by atoms with Crippen molar-refractivity contribution in [3.05, 3.63) is 22.4 Å². The SMILES string of the molecule is CN(Cc1ccsc1)C(=O)C1C2CCC(C2)C1N. The maximum atomic E-state index is 12.5. The molecule has 0 radical (unpaired) electrons. The van der Waals surface area contributed by atoms with Crippen LogP contribution >= 0.6 is 11.3 Å². The molecule has 3 rings (SSSR count). The molecule has 2 N–H and O–H groups in total. The summed E-state index contributed by atoms with van der Waals surface area (Å²) in [5.41, 5.74) is 7.45. The summed E-state index contributed by atoms with van der Waals surface area (Å²) < 4.78 is 0. The van der Waals surface area contributed by atoms with E-state index in [0.29, 0.717) is 18.4 Å². The molecule has 1 aromatic rings. The van der Waals surface area contributed by atoms with Crippen LogP contribution in [-0.4, -0.2) is 23.9 Å². The Balaban J connectivity index is 1.67. The molecule has 1 aromatic heterocycles. The quantitative estimate of drug-likeness (QED) is 0.908. The van der Waals surface area contributed by atoms with Crippen LogP contribution in [0.2, 0.25) is 0 Å². The molecule has 0 spiro atoms. The molecule has 98 valence electrons. The van der Waals surface area contributed by atoms with E-state index in [4.69, 9.17) is 5.73 Å². The summed E-state index contributed by atoms with van der Waals surface area (Å²) in [5, 5.41) is 4.15. The Hall–Kier alpha value is -0.870. The summed E-state index contributed by atoms with van der Waals surface area (Å²) in [5.74, 6) is 1.47. The Bertz CT molecular complexity index is 429. The van der Waals surface area contributed by atoms with Gasteiger partial charge in [0.2, 0.25) is 5.91 Å². The Morgan fingerprint density at radius 3 is 2.89 bits per heavy atom. The van der Waals surface area contributed by atoms with Crippen LogP contribution < -0.4 is 5.73 Å². The van der Waals surface area contributed by atoms with Gasteiger partial charge in [-0.05, 0) is 53.5 Å². The molecule has 2 saturated carbocycles. The Morgan fingerprint density at radius 2 is 2.28 bits per heavy atom. The molecule has 2 aliphatic carbocycles. The molecule has 0 aliphatic heterocycles. The second-order valence-electron chi connectivity index (χ2n) is 5.76. The van der Waals surface area contributed by atoms with Gasteiger partial charge in [0.25, 0.3) is 0 Å². The molecule has 1 amide bonds. The van der Waals surface area contributed by atoms with Crippen LogP contribution in [0.5, 0.6) is 0 Å². The Labute approximate surface area is 112 Å². The van der Waals surface area contributed by atoms with Gasteiger partial charge in [-0.15, -0.1) is 0 Å². The van der Waals surface area contributed by atoms with E-state index >= 15 is 0 Å². The van der Waals surface area contributed by atoms with Gasteiger partial charge in [-0.2, -0.15) is 11.3 Å². The van der Waals surface area contributed by atoms with Crippen molar-refractivity contribution in [2.75, 3.05) is 7.05 Å². The molecule has 2 bridgehead atoms. The van der Waals surface area contributed by atoms with Crippen molar-refractivity contribution in [1.29, 1.82) is 0 Å². The van der Waals surface area contributed by atoms with E-state index in [2.05, 4.69) is 16.8 Å². The van der Waals surface area contributed by atoms with Crippen LogP contribution in [0.25, 0.3) is 0 Å². The van der Waals surface area contributed by atoms with E-state index in [9.17, 15) is 4.79 Å². The minimum Gasteiger partial charge on any atom is -0.341 e. The van der Waals surface area contributed by atoms with Crippen LogP contribution in [0, 0.1) is 17.8 Å². The third-order valence-corrected chi connectivity index (χ3v) is 5.37. The van der Waals surface area contributed by atoms with E-state index in [-0.39, 0.29) is 17.9 Å². The smallest absolute Gasteiger partial charge is 0.227 e. The van der Waals surface area contributed by atoms with Crippen LogP contribution in [-0.2, 0) is 11.3 Å². The molecule has 0 aromatic carbocycles. The summed E-state index contributed by atoms with van der Waals surface area (Å²) >= 11 is 1.68. The van der Waals surface area contributed by atoms with Gasteiger partial charge in [0.1, 0.15) is 0 Å². The van der Waals surface area contributed by atoms with Crippen molar-refractivity contribution in [3.8, 4) is 0 Å². The standard InChI is InChI=1S/C14H20N2OS/c1-16(7-9-4-5-18-8-9)14(17)12-10-2-3-11(6-10)13(12)15/h4-5,8,10-13H,2-3,6-7,15H2,1H3. The van der Waals surface area contributed by atoms with E-state index in [1.807, 2.05) is 11.9 Å². The van der Waals surface area contributed by atoms with Crippen LogP contribution in [0.1, 0.15) is 24.8 Å². The largest absolute Gasteiger partial charge is 0.341 e. The predicted molar refractivity (Wildman–Crippen MR) is 73.1 cm³/mol. The van der Waals surface area contributed by atoms with Gasteiger partial charge < -0.3 is 10.6 Å². The van der Waals surface area contributed by atoms with Gasteiger partial charge in [0.05, 0.1) is 5.92 Å². The fourth-order valence-corrected chi connectivity index (χ4v) is 4.35. The van der Waals surface area contributed by atoms with Crippen molar-refractivity contribution in [1.82, 2.24) is 4.90 Å². The fraction of sp³-hybridized carbons (Fsp3) is 0.643. The minimum absolute atomic E-state index is 0.0763. The van der Waals surface area contributed by atoms with Crippen molar-refractivity contribution >= 4 is 17.2 Å². The number of carbonyl (C=O) groups excluding carboxylic acids is 1. The highest BCUT2D eigenvalue weighted by atomic mass is 32.1. The van der Waals surface area contributed by atoms with Crippen molar-refractivity contribution in [2.45, 2.75) is 31.8 Å². The first kappa shape index (κ1) is 12.2. The lowest BCUT2D eigenvalue weighted by Crippen LogP contribution is -2.45. The van der Waals surface area contributed by atoms with E-state index in [0.717, 1.165) is 0 Å². The Morgan fingerprint density at radius 1 is 1.50 bits per heavy atom. The number of hydrogen-bond donors (Lipinski definition) is 1. The molecular formula is C14H20N2OS. The summed E-state index contributed by atoms with van der Waals surface area (Å²) in [6.07, 6.45) is 3.59. The minimum atomic E-state index is 0.0763. The molecule has 2 aliphatic rings. The first-order valence-corrected chi connectivity index (χ1v) is 7.62. The highest BCUT2D eigenvalue weighted by molar-refractivity contribution is 7.07. The van der Waals surface area contributed by atoms with Gasteiger partial charge in [0.15, 0.2) is 0 Å². The topological polar surface area (TPSA) is 46.3 Å². The van der Waals surface area contributed by atoms with Crippen molar-refractivity contribution in [2.24, 2.45) is 23.5 Å². The van der Waals surface area contributed by atoms with Crippen LogP contribution in [0.3, 0.4) is 0 Å². The number of thiophene rings is 1.